The molecule has 0 unspecified atom stereocenters. The van der Waals surface area contributed by atoms with Gasteiger partial charge in [-0.05, 0) is 0 Å². The molecule has 0 aromatic carbocycles. The number of carbonyl (C=O) groups excluding carboxylic acids is 3. The maximum atomic E-state index is 10.7. The molecule has 1 amide bonds. The normalized spacial score (nSPS) is 17.4. The van der Waals surface area contributed by atoms with E-state index in [0.717, 1.165) is 5.06 Å². The van der Waals surface area contributed by atoms with E-state index >= 15 is 0 Å². The van der Waals surface area contributed by atoms with E-state index in [2.05, 4.69) is 4.84 Å². The zero-order valence-corrected chi connectivity index (χ0v) is 5.99. The van der Waals surface area contributed by atoms with Crippen LogP contribution in [0.3, 0.4) is 0 Å². The van der Waals surface area contributed by atoms with Gasteiger partial charge in [0, 0.05) is 6.92 Å². The van der Waals surface area contributed by atoms with Gasteiger partial charge in [-0.3, -0.25) is 14.4 Å². The number of hydroxylamine groups is 2. The first kappa shape index (κ1) is 7.71. The molecule has 1 aliphatic heterocycles. The Morgan fingerprint density at radius 1 is 1.55 bits per heavy atom. The lowest BCUT2D eigenvalue weighted by Crippen LogP contribution is -2.27. The van der Waals surface area contributed by atoms with Gasteiger partial charge in [0.05, 0.1) is 6.42 Å². The lowest BCUT2D eigenvalue weighted by atomic mass is 10.3. The van der Waals surface area contributed by atoms with Gasteiger partial charge in [-0.15, -0.1) is 0 Å². The Labute approximate surface area is 62.9 Å². The Morgan fingerprint density at radius 2 is 2.18 bits per heavy atom. The molecule has 0 spiro atoms. The minimum absolute atomic E-state index is 0.113. The molecular formula is C6H7NO4. The Kier molecular flexibility index (Phi) is 1.89. The standard InChI is InChI=1S/C6H7NO4/c1-4(8)11-7-3-5(9)2-6(7)10/h2-3H2,1H3. The van der Waals surface area contributed by atoms with Crippen LogP contribution in [0.25, 0.3) is 0 Å². The third kappa shape index (κ3) is 1.76. The second kappa shape index (κ2) is 2.69. The van der Waals surface area contributed by atoms with Gasteiger partial charge in [0.25, 0.3) is 5.91 Å². The molecule has 5 nitrogen and oxygen atoms in total. The van der Waals surface area contributed by atoms with Gasteiger partial charge in [0.2, 0.25) is 0 Å². The third-order valence-corrected chi connectivity index (χ3v) is 1.19. The number of hydrogen-bond donors (Lipinski definition) is 0. The molecule has 1 aliphatic rings. The van der Waals surface area contributed by atoms with Gasteiger partial charge >= 0.3 is 5.97 Å². The van der Waals surface area contributed by atoms with Crippen LogP contribution in [0.15, 0.2) is 0 Å². The van der Waals surface area contributed by atoms with E-state index in [9.17, 15) is 14.4 Å². The van der Waals surface area contributed by atoms with Crippen molar-refractivity contribution in [2.75, 3.05) is 6.54 Å². The van der Waals surface area contributed by atoms with E-state index in [0.29, 0.717) is 0 Å². The molecular weight excluding hydrogens is 150 g/mol. The molecule has 0 atom stereocenters. The fourth-order valence-electron chi connectivity index (χ4n) is 0.799. The van der Waals surface area contributed by atoms with E-state index in [1.807, 2.05) is 0 Å². The summed E-state index contributed by atoms with van der Waals surface area (Å²) in [5, 5.41) is 0.782. The average Bonchev–Trinajstić information content (AvgIpc) is 2.09. The van der Waals surface area contributed by atoms with E-state index in [-0.39, 0.29) is 18.7 Å². The van der Waals surface area contributed by atoms with E-state index < -0.39 is 11.9 Å². The maximum absolute atomic E-state index is 10.7. The summed E-state index contributed by atoms with van der Waals surface area (Å²) in [4.78, 5) is 36.1. The highest BCUT2D eigenvalue weighted by atomic mass is 16.7. The zero-order chi connectivity index (χ0) is 8.43. The molecule has 0 aliphatic carbocycles. The predicted octanol–water partition coefficient (Wildman–Crippen LogP) is -0.734. The minimum atomic E-state index is -0.590. The van der Waals surface area contributed by atoms with Crippen LogP contribution in [-0.4, -0.2) is 29.3 Å². The van der Waals surface area contributed by atoms with Gasteiger partial charge in [-0.2, -0.15) is 5.06 Å². The van der Waals surface area contributed by atoms with Gasteiger partial charge in [-0.25, -0.2) is 0 Å². The second-order valence-corrected chi connectivity index (χ2v) is 2.23. The van der Waals surface area contributed by atoms with Crippen molar-refractivity contribution in [3.63, 3.8) is 0 Å². The molecule has 1 rings (SSSR count). The van der Waals surface area contributed by atoms with Crippen molar-refractivity contribution in [3.05, 3.63) is 0 Å². The van der Waals surface area contributed by atoms with Crippen molar-refractivity contribution in [2.24, 2.45) is 0 Å². The highest BCUT2D eigenvalue weighted by Gasteiger charge is 2.29. The largest absolute Gasteiger partial charge is 0.338 e. The predicted molar refractivity (Wildman–Crippen MR) is 33.1 cm³/mol. The maximum Gasteiger partial charge on any atom is 0.329 e. The Morgan fingerprint density at radius 3 is 2.55 bits per heavy atom. The van der Waals surface area contributed by atoms with E-state index in [4.69, 9.17) is 0 Å². The summed E-state index contributed by atoms with van der Waals surface area (Å²) in [7, 11) is 0. The summed E-state index contributed by atoms with van der Waals surface area (Å²) >= 11 is 0. The van der Waals surface area contributed by atoms with Crippen molar-refractivity contribution < 1.29 is 19.2 Å². The van der Waals surface area contributed by atoms with Crippen LogP contribution in [-0.2, 0) is 19.2 Å². The SMILES string of the molecule is CC(=O)ON1CC(=O)CC1=O. The molecule has 0 aromatic rings. The van der Waals surface area contributed by atoms with Crippen molar-refractivity contribution in [1.29, 1.82) is 0 Å². The first-order valence-electron chi connectivity index (χ1n) is 3.10. The minimum Gasteiger partial charge on any atom is -0.338 e. The van der Waals surface area contributed by atoms with Crippen LogP contribution in [0.4, 0.5) is 0 Å². The number of hydrogen-bond acceptors (Lipinski definition) is 4. The van der Waals surface area contributed by atoms with Gasteiger partial charge in [-0.1, -0.05) is 0 Å². The summed E-state index contributed by atoms with van der Waals surface area (Å²) in [6.07, 6.45) is -0.159. The number of rotatable bonds is 1. The summed E-state index contributed by atoms with van der Waals surface area (Å²) in [5.74, 6) is -1.27. The lowest BCUT2D eigenvalue weighted by molar-refractivity contribution is -0.190. The first-order chi connectivity index (χ1) is 5.09. The molecule has 11 heavy (non-hydrogen) atoms. The molecule has 0 bridgehead atoms. The van der Waals surface area contributed by atoms with Crippen LogP contribution in [0.2, 0.25) is 0 Å². The molecule has 1 saturated heterocycles. The van der Waals surface area contributed by atoms with Gasteiger partial charge in [0.1, 0.15) is 6.54 Å². The number of nitrogens with zero attached hydrogens (tertiary/aromatic N) is 1. The quantitative estimate of drug-likeness (QED) is 0.470. The van der Waals surface area contributed by atoms with Crippen LogP contribution >= 0.6 is 0 Å². The fraction of sp³-hybridized carbons (Fsp3) is 0.500. The highest BCUT2D eigenvalue weighted by Crippen LogP contribution is 2.06. The number of carbonyl (C=O) groups is 3. The monoisotopic (exact) mass is 157 g/mol. The van der Waals surface area contributed by atoms with Crippen molar-refractivity contribution in [3.8, 4) is 0 Å². The summed E-state index contributed by atoms with van der Waals surface area (Å²) in [6.45, 7) is 1.06. The summed E-state index contributed by atoms with van der Waals surface area (Å²) in [5.41, 5.74) is 0. The topological polar surface area (TPSA) is 63.7 Å². The molecule has 0 radical (unpaired) electrons. The van der Waals surface area contributed by atoms with Crippen LogP contribution in [0, 0.1) is 0 Å². The number of Topliss-reactive ketones (excluding diaryl/α,β-unsaturated/α-hetero) is 1. The van der Waals surface area contributed by atoms with Crippen LogP contribution in [0.5, 0.6) is 0 Å². The van der Waals surface area contributed by atoms with Crippen molar-refractivity contribution >= 4 is 17.7 Å². The van der Waals surface area contributed by atoms with Gasteiger partial charge < -0.3 is 4.84 Å². The highest BCUT2D eigenvalue weighted by molar-refractivity contribution is 6.05. The summed E-state index contributed by atoms with van der Waals surface area (Å²) < 4.78 is 0. The lowest BCUT2D eigenvalue weighted by Gasteiger charge is -2.10. The molecule has 1 heterocycles. The van der Waals surface area contributed by atoms with Gasteiger partial charge in [0.15, 0.2) is 5.78 Å². The average molecular weight is 157 g/mol. The third-order valence-electron chi connectivity index (χ3n) is 1.19. The smallest absolute Gasteiger partial charge is 0.329 e. The molecule has 5 heteroatoms. The van der Waals surface area contributed by atoms with Crippen molar-refractivity contribution in [1.82, 2.24) is 5.06 Å². The second-order valence-electron chi connectivity index (χ2n) is 2.23. The van der Waals surface area contributed by atoms with Crippen LogP contribution in [0.1, 0.15) is 13.3 Å². The first-order valence-corrected chi connectivity index (χ1v) is 3.10. The van der Waals surface area contributed by atoms with Crippen LogP contribution < -0.4 is 0 Å². The molecule has 0 N–H and O–H groups in total. The Balaban J connectivity index is 2.53. The molecule has 1 fully saturated rings. The van der Waals surface area contributed by atoms with Crippen molar-refractivity contribution in [2.45, 2.75) is 13.3 Å². The molecule has 0 aromatic heterocycles. The fourth-order valence-corrected chi connectivity index (χ4v) is 0.799. The number of amides is 1. The Hall–Kier alpha value is -1.39. The molecule has 60 valence electrons. The summed E-state index contributed by atoms with van der Waals surface area (Å²) in [6, 6.07) is 0. The van der Waals surface area contributed by atoms with E-state index in [1.165, 1.54) is 6.92 Å². The zero-order valence-electron chi connectivity index (χ0n) is 5.99. The Bertz CT molecular complexity index is 223. The van der Waals surface area contributed by atoms with E-state index in [1.54, 1.807) is 0 Å². The number of ketones is 1. The molecule has 0 saturated carbocycles.